The van der Waals surface area contributed by atoms with Gasteiger partial charge in [-0.1, -0.05) is 32.6 Å². The Morgan fingerprint density at radius 2 is 1.97 bits per heavy atom. The molecule has 35 heavy (non-hydrogen) atoms. The van der Waals surface area contributed by atoms with Crippen molar-refractivity contribution in [3.63, 3.8) is 0 Å². The second kappa shape index (κ2) is 11.4. The largest absolute Gasteiger partial charge is 0.457 e. The first-order chi connectivity index (χ1) is 16.6. The Labute approximate surface area is 206 Å². The molecule has 0 radical (unpaired) electrons. The summed E-state index contributed by atoms with van der Waals surface area (Å²) in [7, 11) is 0. The number of hydrazine groups is 1. The molecule has 2 heterocycles. The van der Waals surface area contributed by atoms with E-state index in [9.17, 15) is 14.4 Å². The maximum Gasteiger partial charge on any atom is 0.325 e. The zero-order valence-corrected chi connectivity index (χ0v) is 20.8. The first-order valence-electron chi connectivity index (χ1n) is 12.0. The summed E-state index contributed by atoms with van der Waals surface area (Å²) in [5.41, 5.74) is 10.5. The van der Waals surface area contributed by atoms with Gasteiger partial charge in [-0.3, -0.25) is 24.4 Å². The lowest BCUT2D eigenvalue weighted by atomic mass is 10.0. The number of nitrogens with one attached hydrogen (secondary N) is 2. The predicted molar refractivity (Wildman–Crippen MR) is 135 cm³/mol. The number of nitrogens with zero attached hydrogens (tertiary/aromatic N) is 2. The minimum atomic E-state index is -0.777. The zero-order chi connectivity index (χ0) is 25.7. The van der Waals surface area contributed by atoms with Crippen LogP contribution < -0.4 is 16.5 Å². The molecule has 2 amide bonds. The molecule has 1 aliphatic heterocycles. The number of fused-ring (bicyclic) bond motifs is 1. The van der Waals surface area contributed by atoms with Crippen LogP contribution in [-0.4, -0.2) is 52.4 Å². The van der Waals surface area contributed by atoms with Crippen LogP contribution in [0.1, 0.15) is 57.9 Å². The highest BCUT2D eigenvalue weighted by molar-refractivity contribution is 5.89. The van der Waals surface area contributed by atoms with E-state index in [-0.39, 0.29) is 17.7 Å². The van der Waals surface area contributed by atoms with Crippen LogP contribution in [0.2, 0.25) is 0 Å². The number of hydrogen-bond acceptors (Lipinski definition) is 7. The maximum absolute atomic E-state index is 12.9. The van der Waals surface area contributed by atoms with Gasteiger partial charge in [-0.25, -0.2) is 5.43 Å². The van der Waals surface area contributed by atoms with Crippen LogP contribution >= 0.6 is 0 Å². The number of benzene rings is 1. The summed E-state index contributed by atoms with van der Waals surface area (Å²) >= 11 is 0. The predicted octanol–water partition coefficient (Wildman–Crippen LogP) is 2.47. The number of hydrogen-bond donors (Lipinski definition) is 3. The molecule has 0 spiro atoms. The lowest BCUT2D eigenvalue weighted by Gasteiger charge is -2.35. The van der Waals surface area contributed by atoms with Crippen molar-refractivity contribution in [1.82, 2.24) is 20.7 Å². The zero-order valence-electron chi connectivity index (χ0n) is 20.8. The SMILES string of the molecule is C=Cc1cc2cc(C(C)OC(=O)C3CCCN(C(=O)C(C)NC(=O)C(N)C(C)C)N3)ccc2cn1. The highest BCUT2D eigenvalue weighted by Crippen LogP contribution is 2.24. The van der Waals surface area contributed by atoms with E-state index in [2.05, 4.69) is 22.3 Å². The van der Waals surface area contributed by atoms with Gasteiger partial charge in [0.15, 0.2) is 0 Å². The summed E-state index contributed by atoms with van der Waals surface area (Å²) in [6.07, 6.45) is 4.16. The summed E-state index contributed by atoms with van der Waals surface area (Å²) in [5, 5.41) is 6.00. The first kappa shape index (κ1) is 26.3. The molecule has 188 valence electrons. The normalized spacial score (nSPS) is 18.6. The van der Waals surface area contributed by atoms with Crippen molar-refractivity contribution in [3.8, 4) is 0 Å². The molecule has 0 bridgehead atoms. The lowest BCUT2D eigenvalue weighted by Crippen LogP contribution is -2.60. The summed E-state index contributed by atoms with van der Waals surface area (Å²) in [6.45, 7) is 11.3. The molecule has 4 N–H and O–H groups in total. The first-order valence-corrected chi connectivity index (χ1v) is 12.0. The minimum absolute atomic E-state index is 0.0464. The maximum atomic E-state index is 12.9. The fourth-order valence-corrected chi connectivity index (χ4v) is 3.89. The second-order valence-corrected chi connectivity index (χ2v) is 9.31. The highest BCUT2D eigenvalue weighted by Gasteiger charge is 2.33. The molecule has 9 heteroatoms. The molecular weight excluding hydrogens is 446 g/mol. The van der Waals surface area contributed by atoms with Gasteiger partial charge in [0.05, 0.1) is 11.7 Å². The third kappa shape index (κ3) is 6.43. The van der Waals surface area contributed by atoms with Gasteiger partial charge >= 0.3 is 5.97 Å². The number of rotatable bonds is 8. The number of amides is 2. The number of esters is 1. The highest BCUT2D eigenvalue weighted by atomic mass is 16.5. The number of nitrogens with two attached hydrogens (primary N) is 1. The fourth-order valence-electron chi connectivity index (χ4n) is 3.89. The number of carbonyl (C=O) groups is 3. The van der Waals surface area contributed by atoms with Gasteiger partial charge in [0, 0.05) is 18.1 Å². The van der Waals surface area contributed by atoms with Gasteiger partial charge in [-0.15, -0.1) is 0 Å². The van der Waals surface area contributed by atoms with E-state index in [1.54, 1.807) is 19.2 Å². The van der Waals surface area contributed by atoms with Gasteiger partial charge in [0.25, 0.3) is 5.91 Å². The van der Waals surface area contributed by atoms with E-state index in [1.165, 1.54) is 5.01 Å². The smallest absolute Gasteiger partial charge is 0.325 e. The van der Waals surface area contributed by atoms with Gasteiger partial charge in [0.1, 0.15) is 18.2 Å². The van der Waals surface area contributed by atoms with Crippen molar-refractivity contribution in [1.29, 1.82) is 0 Å². The second-order valence-electron chi connectivity index (χ2n) is 9.31. The van der Waals surface area contributed by atoms with E-state index in [4.69, 9.17) is 10.5 Å². The van der Waals surface area contributed by atoms with E-state index in [1.807, 2.05) is 45.0 Å². The molecule has 1 aromatic heterocycles. The quantitative estimate of drug-likeness (QED) is 0.494. The number of pyridine rings is 1. The van der Waals surface area contributed by atoms with Crippen LogP contribution in [0.4, 0.5) is 0 Å². The van der Waals surface area contributed by atoms with Gasteiger partial charge < -0.3 is 15.8 Å². The van der Waals surface area contributed by atoms with Crippen LogP contribution in [0.15, 0.2) is 37.0 Å². The van der Waals surface area contributed by atoms with E-state index >= 15 is 0 Å². The van der Waals surface area contributed by atoms with Crippen LogP contribution in [0, 0.1) is 5.92 Å². The van der Waals surface area contributed by atoms with Crippen molar-refractivity contribution < 1.29 is 19.1 Å². The molecule has 0 saturated carbocycles. The topological polar surface area (TPSA) is 127 Å². The Morgan fingerprint density at radius 1 is 1.23 bits per heavy atom. The van der Waals surface area contributed by atoms with Crippen LogP contribution in [0.25, 0.3) is 16.8 Å². The molecule has 9 nitrogen and oxygen atoms in total. The Kier molecular flexibility index (Phi) is 8.58. The van der Waals surface area contributed by atoms with E-state index in [0.717, 1.165) is 22.0 Å². The van der Waals surface area contributed by atoms with Gasteiger partial charge in [-0.2, -0.15) is 0 Å². The average molecular weight is 482 g/mol. The van der Waals surface area contributed by atoms with E-state index < -0.39 is 30.2 Å². The standard InChI is InChI=1S/C26H35N5O4/c1-6-21-13-20-12-18(9-10-19(20)14-28-21)17(5)35-26(34)22-8-7-11-31(30-22)25(33)16(4)29-24(32)23(27)15(2)3/h6,9-10,12-17,22-23,30H,1,7-8,11,27H2,2-5H3,(H,29,32). The van der Waals surface area contributed by atoms with Crippen molar-refractivity contribution in [2.24, 2.45) is 11.7 Å². The van der Waals surface area contributed by atoms with Gasteiger partial charge in [0.2, 0.25) is 5.91 Å². The number of carbonyl (C=O) groups excluding carboxylic acids is 3. The Hall–Kier alpha value is -3.30. The molecule has 3 rings (SSSR count). The molecule has 1 fully saturated rings. The molecule has 4 atom stereocenters. The summed E-state index contributed by atoms with van der Waals surface area (Å²) < 4.78 is 5.73. The Balaban J connectivity index is 1.60. The van der Waals surface area contributed by atoms with Gasteiger partial charge in [-0.05, 0) is 61.8 Å². The van der Waals surface area contributed by atoms with Crippen LogP contribution in [0.3, 0.4) is 0 Å². The summed E-state index contributed by atoms with van der Waals surface area (Å²) in [4.78, 5) is 42.3. The summed E-state index contributed by atoms with van der Waals surface area (Å²) in [6, 6.07) is 5.62. The van der Waals surface area contributed by atoms with Crippen LogP contribution in [0.5, 0.6) is 0 Å². The lowest BCUT2D eigenvalue weighted by molar-refractivity contribution is -0.157. The molecule has 0 aliphatic carbocycles. The van der Waals surface area contributed by atoms with Crippen LogP contribution in [-0.2, 0) is 19.1 Å². The molecular formula is C26H35N5O4. The van der Waals surface area contributed by atoms with Crippen molar-refractivity contribution in [2.45, 2.75) is 64.8 Å². The van der Waals surface area contributed by atoms with Crippen molar-refractivity contribution >= 4 is 34.6 Å². The third-order valence-corrected chi connectivity index (χ3v) is 6.23. The minimum Gasteiger partial charge on any atom is -0.457 e. The molecule has 2 aromatic rings. The van der Waals surface area contributed by atoms with Crippen molar-refractivity contribution in [3.05, 3.63) is 48.3 Å². The fraction of sp³-hybridized carbons (Fsp3) is 0.462. The third-order valence-electron chi connectivity index (χ3n) is 6.23. The number of aromatic nitrogens is 1. The summed E-state index contributed by atoms with van der Waals surface area (Å²) in [5.74, 6) is -1.19. The number of ether oxygens (including phenoxy) is 1. The average Bonchev–Trinajstić information content (AvgIpc) is 2.86. The molecule has 1 aromatic carbocycles. The molecule has 1 saturated heterocycles. The molecule has 1 aliphatic rings. The van der Waals surface area contributed by atoms with Crippen molar-refractivity contribution in [2.75, 3.05) is 6.54 Å². The van der Waals surface area contributed by atoms with E-state index in [0.29, 0.717) is 19.4 Å². The Morgan fingerprint density at radius 3 is 2.66 bits per heavy atom. The monoisotopic (exact) mass is 481 g/mol. The molecule has 4 unspecified atom stereocenters. The Bertz CT molecular complexity index is 1100.